The third-order valence-electron chi connectivity index (χ3n) is 2.90. The van der Waals surface area contributed by atoms with Gasteiger partial charge in [-0.15, -0.1) is 11.3 Å². The molecule has 0 aliphatic heterocycles. The molecule has 0 fully saturated rings. The summed E-state index contributed by atoms with van der Waals surface area (Å²) in [4.78, 5) is 10.6. The van der Waals surface area contributed by atoms with Crippen molar-refractivity contribution in [2.24, 2.45) is 5.73 Å². The maximum Gasteiger partial charge on any atom is 0.303 e. The summed E-state index contributed by atoms with van der Waals surface area (Å²) in [6.45, 7) is 0. The van der Waals surface area contributed by atoms with Crippen LogP contribution in [0.4, 0.5) is 0 Å². The Bertz CT molecular complexity index is 564. The molecule has 1 aromatic carbocycles. The van der Waals surface area contributed by atoms with Crippen LogP contribution in [0.1, 0.15) is 24.4 Å². The molecule has 0 saturated carbocycles. The minimum atomic E-state index is -0.819. The number of nitrogens with two attached hydrogens (primary N) is 1. The lowest BCUT2D eigenvalue weighted by Crippen LogP contribution is -2.12. The lowest BCUT2D eigenvalue weighted by molar-refractivity contribution is -0.137. The number of hydrogen-bond donors (Lipinski definition) is 2. The standard InChI is InChI=1S/C13H15NO3S/c1-17-11-4-2-8(9-6-7-18-13(9)11)10(14)3-5-12(15)16/h2,4,6-7,10H,3,5,14H2,1H3,(H,15,16). The number of fused-ring (bicyclic) bond motifs is 1. The van der Waals surface area contributed by atoms with Crippen LogP contribution in [0.2, 0.25) is 0 Å². The van der Waals surface area contributed by atoms with Gasteiger partial charge in [-0.2, -0.15) is 0 Å². The van der Waals surface area contributed by atoms with E-state index < -0.39 is 5.97 Å². The third kappa shape index (κ3) is 2.47. The van der Waals surface area contributed by atoms with Gasteiger partial charge in [-0.05, 0) is 29.5 Å². The maximum absolute atomic E-state index is 10.6. The van der Waals surface area contributed by atoms with Crippen LogP contribution in [0, 0.1) is 0 Å². The van der Waals surface area contributed by atoms with Gasteiger partial charge >= 0.3 is 5.97 Å². The third-order valence-corrected chi connectivity index (χ3v) is 3.83. The largest absolute Gasteiger partial charge is 0.495 e. The molecule has 1 aromatic heterocycles. The summed E-state index contributed by atoms with van der Waals surface area (Å²) in [6, 6.07) is 5.54. The minimum Gasteiger partial charge on any atom is -0.495 e. The van der Waals surface area contributed by atoms with Crippen molar-refractivity contribution < 1.29 is 14.6 Å². The van der Waals surface area contributed by atoms with Crippen molar-refractivity contribution in [3.8, 4) is 5.75 Å². The van der Waals surface area contributed by atoms with Crippen molar-refractivity contribution in [1.29, 1.82) is 0 Å². The smallest absolute Gasteiger partial charge is 0.303 e. The van der Waals surface area contributed by atoms with E-state index in [2.05, 4.69) is 0 Å². The van der Waals surface area contributed by atoms with Crippen molar-refractivity contribution in [3.63, 3.8) is 0 Å². The van der Waals surface area contributed by atoms with Crippen LogP contribution < -0.4 is 10.5 Å². The molecule has 0 aliphatic rings. The van der Waals surface area contributed by atoms with Gasteiger partial charge in [0.2, 0.25) is 0 Å². The fraction of sp³-hybridized carbons (Fsp3) is 0.308. The highest BCUT2D eigenvalue weighted by atomic mass is 32.1. The quantitative estimate of drug-likeness (QED) is 0.872. The molecule has 2 rings (SSSR count). The van der Waals surface area contributed by atoms with E-state index in [1.165, 1.54) is 0 Å². The molecule has 2 aromatic rings. The number of carbonyl (C=O) groups is 1. The molecule has 0 spiro atoms. The summed E-state index contributed by atoms with van der Waals surface area (Å²) in [5.74, 6) is 0.00899. The Kier molecular flexibility index (Phi) is 3.84. The van der Waals surface area contributed by atoms with E-state index in [0.29, 0.717) is 6.42 Å². The van der Waals surface area contributed by atoms with Gasteiger partial charge in [0.15, 0.2) is 0 Å². The first-order valence-electron chi connectivity index (χ1n) is 5.65. The summed E-state index contributed by atoms with van der Waals surface area (Å²) in [5.41, 5.74) is 7.04. The molecule has 0 radical (unpaired) electrons. The number of ether oxygens (including phenoxy) is 1. The second kappa shape index (κ2) is 5.37. The molecule has 18 heavy (non-hydrogen) atoms. The first-order chi connectivity index (χ1) is 8.63. The molecule has 3 N–H and O–H groups in total. The predicted octanol–water partition coefficient (Wildman–Crippen LogP) is 2.77. The molecule has 0 amide bonds. The van der Waals surface area contributed by atoms with E-state index in [1.807, 2.05) is 23.6 Å². The van der Waals surface area contributed by atoms with Crippen LogP contribution in [-0.2, 0) is 4.79 Å². The zero-order valence-electron chi connectivity index (χ0n) is 10.1. The summed E-state index contributed by atoms with van der Waals surface area (Å²) in [7, 11) is 1.64. The second-order valence-electron chi connectivity index (χ2n) is 4.06. The number of hydrogen-bond acceptors (Lipinski definition) is 4. The van der Waals surface area contributed by atoms with Crippen molar-refractivity contribution >= 4 is 27.4 Å². The van der Waals surface area contributed by atoms with Crippen molar-refractivity contribution in [2.45, 2.75) is 18.9 Å². The molecular weight excluding hydrogens is 250 g/mol. The summed E-state index contributed by atoms with van der Waals surface area (Å²) < 4.78 is 6.35. The topological polar surface area (TPSA) is 72.5 Å². The number of aliphatic carboxylic acids is 1. The summed E-state index contributed by atoms with van der Waals surface area (Å²) in [5, 5.41) is 11.7. The van der Waals surface area contributed by atoms with Gasteiger partial charge in [0.05, 0.1) is 11.8 Å². The average molecular weight is 265 g/mol. The lowest BCUT2D eigenvalue weighted by atomic mass is 9.99. The van der Waals surface area contributed by atoms with Crippen LogP contribution in [-0.4, -0.2) is 18.2 Å². The van der Waals surface area contributed by atoms with E-state index in [0.717, 1.165) is 21.4 Å². The SMILES string of the molecule is COc1ccc(C(N)CCC(=O)O)c2ccsc12. The highest BCUT2D eigenvalue weighted by Crippen LogP contribution is 2.35. The highest BCUT2D eigenvalue weighted by Gasteiger charge is 2.14. The van der Waals surface area contributed by atoms with E-state index in [9.17, 15) is 4.79 Å². The van der Waals surface area contributed by atoms with Crippen LogP contribution >= 0.6 is 11.3 Å². The number of carboxylic acid groups (broad SMARTS) is 1. The molecule has 1 unspecified atom stereocenters. The minimum absolute atomic E-state index is 0.0822. The van der Waals surface area contributed by atoms with Crippen LogP contribution in [0.25, 0.3) is 10.1 Å². The fourth-order valence-corrected chi connectivity index (χ4v) is 2.90. The number of rotatable bonds is 5. The summed E-state index contributed by atoms with van der Waals surface area (Å²) in [6.07, 6.45) is 0.519. The van der Waals surface area contributed by atoms with Crippen LogP contribution in [0.15, 0.2) is 23.6 Å². The van der Waals surface area contributed by atoms with E-state index in [-0.39, 0.29) is 12.5 Å². The Balaban J connectivity index is 2.33. The Labute approximate surface area is 109 Å². The average Bonchev–Trinajstić information content (AvgIpc) is 2.83. The maximum atomic E-state index is 10.6. The van der Waals surface area contributed by atoms with E-state index >= 15 is 0 Å². The van der Waals surface area contributed by atoms with Gasteiger partial charge in [-0.1, -0.05) is 6.07 Å². The Morgan fingerprint density at radius 1 is 1.50 bits per heavy atom. The molecule has 1 atom stereocenters. The van der Waals surface area contributed by atoms with Crippen LogP contribution in [0.5, 0.6) is 5.75 Å². The second-order valence-corrected chi connectivity index (χ2v) is 4.98. The van der Waals surface area contributed by atoms with Crippen LogP contribution in [0.3, 0.4) is 0 Å². The number of methoxy groups -OCH3 is 1. The van der Waals surface area contributed by atoms with Crippen molar-refractivity contribution in [3.05, 3.63) is 29.1 Å². The van der Waals surface area contributed by atoms with Crippen molar-refractivity contribution in [1.82, 2.24) is 0 Å². The molecule has 0 saturated heterocycles. The lowest BCUT2D eigenvalue weighted by Gasteiger charge is -2.13. The van der Waals surface area contributed by atoms with E-state index in [4.69, 9.17) is 15.6 Å². The molecular formula is C13H15NO3S. The number of thiophene rings is 1. The number of benzene rings is 1. The fourth-order valence-electron chi connectivity index (χ4n) is 1.98. The first-order valence-corrected chi connectivity index (χ1v) is 6.53. The van der Waals surface area contributed by atoms with E-state index in [1.54, 1.807) is 18.4 Å². The normalized spacial score (nSPS) is 12.6. The molecule has 0 aliphatic carbocycles. The predicted molar refractivity (Wildman–Crippen MR) is 72.2 cm³/mol. The monoisotopic (exact) mass is 265 g/mol. The van der Waals surface area contributed by atoms with Gasteiger partial charge in [-0.3, -0.25) is 4.79 Å². The summed E-state index contributed by atoms with van der Waals surface area (Å²) >= 11 is 1.60. The van der Waals surface area contributed by atoms with Gasteiger partial charge in [-0.25, -0.2) is 0 Å². The molecule has 5 heteroatoms. The van der Waals surface area contributed by atoms with Gasteiger partial charge < -0.3 is 15.6 Å². The Hall–Kier alpha value is -1.59. The molecule has 0 bridgehead atoms. The molecule has 96 valence electrons. The Morgan fingerprint density at radius 3 is 2.94 bits per heavy atom. The molecule has 4 nitrogen and oxygen atoms in total. The first kappa shape index (κ1) is 12.9. The number of carboxylic acids is 1. The highest BCUT2D eigenvalue weighted by molar-refractivity contribution is 7.17. The zero-order chi connectivity index (χ0) is 13.1. The zero-order valence-corrected chi connectivity index (χ0v) is 10.9. The van der Waals surface area contributed by atoms with Gasteiger partial charge in [0, 0.05) is 17.8 Å². The Morgan fingerprint density at radius 2 is 2.28 bits per heavy atom. The van der Waals surface area contributed by atoms with Gasteiger partial charge in [0.25, 0.3) is 0 Å². The van der Waals surface area contributed by atoms with Crippen molar-refractivity contribution in [2.75, 3.05) is 7.11 Å². The van der Waals surface area contributed by atoms with Gasteiger partial charge in [0.1, 0.15) is 5.75 Å². The molecule has 1 heterocycles.